The predicted molar refractivity (Wildman–Crippen MR) is 122 cm³/mol. The van der Waals surface area contributed by atoms with Crippen molar-refractivity contribution in [1.82, 2.24) is 5.43 Å². The normalized spacial score (nSPS) is 20.9. The second kappa shape index (κ2) is 8.08. The number of aromatic hydroxyl groups is 2. The Kier molecular flexibility index (Phi) is 5.26. The molecule has 2 aliphatic carbocycles. The Bertz CT molecular complexity index is 1010. The lowest BCUT2D eigenvalue weighted by molar-refractivity contribution is -0.0150. The lowest BCUT2D eigenvalue weighted by atomic mass is 9.98. The van der Waals surface area contributed by atoms with Crippen LogP contribution >= 0.6 is 0 Å². The van der Waals surface area contributed by atoms with Gasteiger partial charge in [-0.05, 0) is 72.9 Å². The first kappa shape index (κ1) is 20.2. The zero-order chi connectivity index (χ0) is 21.5. The van der Waals surface area contributed by atoms with E-state index in [-0.39, 0.29) is 23.5 Å². The first-order valence-electron chi connectivity index (χ1n) is 11.5. The molecule has 0 spiro atoms. The van der Waals surface area contributed by atoms with Crippen molar-refractivity contribution in [3.05, 3.63) is 52.6 Å². The molecule has 1 unspecified atom stereocenters. The first-order chi connectivity index (χ1) is 15.0. The van der Waals surface area contributed by atoms with Gasteiger partial charge in [-0.15, -0.1) is 0 Å². The molecule has 0 radical (unpaired) electrons. The van der Waals surface area contributed by atoms with Crippen LogP contribution < -0.4 is 10.3 Å². The molecule has 164 valence electrons. The van der Waals surface area contributed by atoms with Gasteiger partial charge in [-0.1, -0.05) is 32.8 Å². The Balaban J connectivity index is 1.55. The van der Waals surface area contributed by atoms with Crippen LogP contribution in [0.15, 0.2) is 35.4 Å². The molecule has 1 heterocycles. The van der Waals surface area contributed by atoms with Gasteiger partial charge in [0, 0.05) is 11.8 Å². The monoisotopic (exact) mass is 421 g/mol. The highest BCUT2D eigenvalue weighted by Crippen LogP contribution is 2.37. The summed E-state index contributed by atoms with van der Waals surface area (Å²) in [6.45, 7) is 4.05. The third-order valence-electron chi connectivity index (χ3n) is 6.74. The fourth-order valence-electron chi connectivity index (χ4n) is 5.03. The number of aryl methyl sites for hydroxylation is 2. The van der Waals surface area contributed by atoms with Crippen molar-refractivity contribution in [2.45, 2.75) is 77.2 Å². The molecule has 0 bridgehead atoms. The number of nitrogens with one attached hydrogen (secondary N) is 1. The van der Waals surface area contributed by atoms with Crippen molar-refractivity contribution in [3.8, 4) is 11.5 Å². The van der Waals surface area contributed by atoms with Crippen LogP contribution in [0.2, 0.25) is 0 Å². The van der Waals surface area contributed by atoms with E-state index in [1.807, 2.05) is 24.8 Å². The van der Waals surface area contributed by atoms with Crippen LogP contribution in [0.5, 0.6) is 11.5 Å². The highest BCUT2D eigenvalue weighted by Gasteiger charge is 2.35. The fourth-order valence-corrected chi connectivity index (χ4v) is 5.03. The predicted octanol–water partition coefficient (Wildman–Crippen LogP) is 4.72. The highest BCUT2D eigenvalue weighted by molar-refractivity contribution is 6.12. The number of hydrazone groups is 1. The zero-order valence-corrected chi connectivity index (χ0v) is 18.3. The summed E-state index contributed by atoms with van der Waals surface area (Å²) in [5, 5.41) is 25.6. The standard InChI is InChI=1S/C25H31N3O3/c1-15(2)20-13-21(23(30)14-22(20)29)24-26-27-25(31-19-8-3-4-9-19)28(24)18-11-10-16-6-5-7-17(16)12-18/h10-15,19,25,27,29-30H,3-9H2,1-2H3. The number of fused-ring (bicyclic) bond motifs is 1. The number of ether oxygens (including phenoxy) is 1. The SMILES string of the molecule is CC(C)c1cc(C2=NNC(OC3CCCC3)N2c2ccc3c(c2)CCC3)c(O)cc1O. The van der Waals surface area contributed by atoms with E-state index in [1.165, 1.54) is 36.5 Å². The molecule has 31 heavy (non-hydrogen) atoms. The van der Waals surface area contributed by atoms with Crippen molar-refractivity contribution < 1.29 is 14.9 Å². The van der Waals surface area contributed by atoms with Crippen LogP contribution in [0.1, 0.15) is 74.1 Å². The van der Waals surface area contributed by atoms with Crippen LogP contribution in [0.25, 0.3) is 0 Å². The largest absolute Gasteiger partial charge is 0.508 e. The molecule has 0 amide bonds. The van der Waals surface area contributed by atoms with Gasteiger partial charge in [-0.25, -0.2) is 0 Å². The zero-order valence-electron chi connectivity index (χ0n) is 18.3. The van der Waals surface area contributed by atoms with Gasteiger partial charge < -0.3 is 14.9 Å². The molecule has 2 aromatic rings. The van der Waals surface area contributed by atoms with E-state index < -0.39 is 6.35 Å². The van der Waals surface area contributed by atoms with Gasteiger partial charge >= 0.3 is 0 Å². The lowest BCUT2D eigenvalue weighted by Gasteiger charge is -2.30. The molecule has 3 aliphatic rings. The minimum Gasteiger partial charge on any atom is -0.508 e. The minimum atomic E-state index is -0.423. The van der Waals surface area contributed by atoms with Gasteiger partial charge in [0.1, 0.15) is 11.5 Å². The van der Waals surface area contributed by atoms with E-state index in [9.17, 15) is 10.2 Å². The molecule has 1 aliphatic heterocycles. The summed E-state index contributed by atoms with van der Waals surface area (Å²) in [6, 6.07) is 9.82. The molecule has 2 aromatic carbocycles. The second-order valence-corrected chi connectivity index (χ2v) is 9.22. The van der Waals surface area contributed by atoms with E-state index >= 15 is 0 Å². The number of rotatable bonds is 5. The number of benzene rings is 2. The minimum absolute atomic E-state index is 0.00938. The topological polar surface area (TPSA) is 77.3 Å². The van der Waals surface area contributed by atoms with Crippen molar-refractivity contribution in [1.29, 1.82) is 0 Å². The van der Waals surface area contributed by atoms with E-state index in [4.69, 9.17) is 4.74 Å². The van der Waals surface area contributed by atoms with Crippen LogP contribution in [0, 0.1) is 0 Å². The maximum atomic E-state index is 10.7. The Morgan fingerprint density at radius 1 is 1.00 bits per heavy atom. The van der Waals surface area contributed by atoms with Crippen molar-refractivity contribution >= 4 is 11.5 Å². The van der Waals surface area contributed by atoms with Gasteiger partial charge in [0.15, 0.2) is 5.84 Å². The van der Waals surface area contributed by atoms with Gasteiger partial charge in [0.05, 0.1) is 11.7 Å². The van der Waals surface area contributed by atoms with Crippen molar-refractivity contribution in [2.24, 2.45) is 5.10 Å². The summed E-state index contributed by atoms with van der Waals surface area (Å²) in [7, 11) is 0. The summed E-state index contributed by atoms with van der Waals surface area (Å²) < 4.78 is 6.42. The number of nitrogens with zero attached hydrogens (tertiary/aromatic N) is 2. The number of amidine groups is 1. The summed E-state index contributed by atoms with van der Waals surface area (Å²) in [4.78, 5) is 2.05. The Morgan fingerprint density at radius 3 is 2.55 bits per heavy atom. The Hall–Kier alpha value is -2.73. The van der Waals surface area contributed by atoms with Crippen LogP contribution in [0.3, 0.4) is 0 Å². The molecule has 6 heteroatoms. The molecular formula is C25H31N3O3. The lowest BCUT2D eigenvalue weighted by Crippen LogP contribution is -2.44. The molecule has 0 aromatic heterocycles. The molecule has 1 saturated carbocycles. The van der Waals surface area contributed by atoms with E-state index in [2.05, 4.69) is 28.7 Å². The first-order valence-corrected chi connectivity index (χ1v) is 11.5. The second-order valence-electron chi connectivity index (χ2n) is 9.22. The van der Waals surface area contributed by atoms with E-state index in [1.54, 1.807) is 0 Å². The number of phenols is 2. The molecule has 0 saturated heterocycles. The quantitative estimate of drug-likeness (QED) is 0.651. The van der Waals surface area contributed by atoms with Gasteiger partial charge in [0.2, 0.25) is 6.35 Å². The van der Waals surface area contributed by atoms with Crippen molar-refractivity contribution in [2.75, 3.05) is 4.90 Å². The highest BCUT2D eigenvalue weighted by atomic mass is 16.5. The number of hydrogen-bond acceptors (Lipinski definition) is 6. The third-order valence-corrected chi connectivity index (χ3v) is 6.74. The summed E-state index contributed by atoms with van der Waals surface area (Å²) in [5.41, 5.74) is 8.32. The molecule has 3 N–H and O–H groups in total. The molecule has 6 nitrogen and oxygen atoms in total. The maximum absolute atomic E-state index is 10.7. The van der Waals surface area contributed by atoms with Crippen LogP contribution in [-0.4, -0.2) is 28.5 Å². The summed E-state index contributed by atoms with van der Waals surface area (Å²) in [5.74, 6) is 0.842. The average molecular weight is 422 g/mol. The smallest absolute Gasteiger partial charge is 0.228 e. The van der Waals surface area contributed by atoms with Crippen molar-refractivity contribution in [3.63, 3.8) is 0 Å². The maximum Gasteiger partial charge on any atom is 0.228 e. The van der Waals surface area contributed by atoms with Crippen LogP contribution in [0.4, 0.5) is 5.69 Å². The van der Waals surface area contributed by atoms with Gasteiger partial charge in [-0.2, -0.15) is 5.10 Å². The summed E-state index contributed by atoms with van der Waals surface area (Å²) in [6.07, 6.45) is 7.72. The van der Waals surface area contributed by atoms with E-state index in [0.29, 0.717) is 11.4 Å². The molecule has 1 atom stereocenters. The Labute approximate surface area is 183 Å². The average Bonchev–Trinajstić information content (AvgIpc) is 3.48. The van der Waals surface area contributed by atoms with E-state index in [0.717, 1.165) is 36.9 Å². The molecular weight excluding hydrogens is 390 g/mol. The Morgan fingerprint density at radius 2 is 1.77 bits per heavy atom. The van der Waals surface area contributed by atoms with Gasteiger partial charge in [-0.3, -0.25) is 10.3 Å². The number of hydrogen-bond donors (Lipinski definition) is 3. The number of anilines is 1. The molecule has 5 rings (SSSR count). The fraction of sp³-hybridized carbons (Fsp3) is 0.480. The van der Waals surface area contributed by atoms with Crippen LogP contribution in [-0.2, 0) is 17.6 Å². The molecule has 1 fully saturated rings. The number of phenolic OH excluding ortho intramolecular Hbond substituents is 2. The third kappa shape index (κ3) is 3.74. The van der Waals surface area contributed by atoms with Gasteiger partial charge in [0.25, 0.3) is 0 Å². The summed E-state index contributed by atoms with van der Waals surface area (Å²) >= 11 is 0.